The number of likely N-dealkylation sites (tertiary alicyclic amines) is 1. The monoisotopic (exact) mass is 316 g/mol. The Kier molecular flexibility index (Phi) is 6.78. The number of piperidine rings is 1. The van der Waals surface area contributed by atoms with Gasteiger partial charge < -0.3 is 10.2 Å². The fourth-order valence-corrected chi connectivity index (χ4v) is 3.08. The Morgan fingerprint density at radius 1 is 1.13 bits per heavy atom. The Bertz CT molecular complexity index is 517. The molecule has 0 radical (unpaired) electrons. The average Bonchev–Trinajstić information content (AvgIpc) is 2.58. The van der Waals surface area contributed by atoms with E-state index in [4.69, 9.17) is 0 Å². The summed E-state index contributed by atoms with van der Waals surface area (Å²) in [6, 6.07) is 7.56. The third-order valence-electron chi connectivity index (χ3n) is 4.71. The van der Waals surface area contributed by atoms with E-state index in [0.29, 0.717) is 18.4 Å². The van der Waals surface area contributed by atoms with Crippen molar-refractivity contribution in [3.8, 4) is 0 Å². The summed E-state index contributed by atoms with van der Waals surface area (Å²) in [5, 5.41) is 3.18. The molecule has 4 heteroatoms. The van der Waals surface area contributed by atoms with Gasteiger partial charge in [0, 0.05) is 31.5 Å². The Morgan fingerprint density at radius 2 is 1.78 bits per heavy atom. The molecule has 1 amide bonds. The summed E-state index contributed by atoms with van der Waals surface area (Å²) in [7, 11) is 1.98. The largest absolute Gasteiger partial charge is 0.343 e. The number of carbonyl (C=O) groups is 2. The second-order valence-corrected chi connectivity index (χ2v) is 6.51. The number of hydrogen-bond donors (Lipinski definition) is 1. The normalized spacial score (nSPS) is 15.7. The number of amides is 1. The molecule has 1 aliphatic rings. The van der Waals surface area contributed by atoms with Crippen molar-refractivity contribution in [1.29, 1.82) is 0 Å². The van der Waals surface area contributed by atoms with Gasteiger partial charge in [0.15, 0.2) is 5.78 Å². The second kappa shape index (κ2) is 8.82. The number of benzene rings is 1. The minimum absolute atomic E-state index is 0.0576. The first-order valence-corrected chi connectivity index (χ1v) is 8.62. The average molecular weight is 316 g/mol. The zero-order valence-electron chi connectivity index (χ0n) is 14.3. The van der Waals surface area contributed by atoms with Crippen molar-refractivity contribution in [3.05, 3.63) is 35.4 Å². The first-order chi connectivity index (χ1) is 11.1. The fraction of sp³-hybridized carbons (Fsp3) is 0.579. The smallest absolute Gasteiger partial charge is 0.223 e. The summed E-state index contributed by atoms with van der Waals surface area (Å²) in [5.74, 6) is 0.903. The van der Waals surface area contributed by atoms with Gasteiger partial charge >= 0.3 is 0 Å². The van der Waals surface area contributed by atoms with Gasteiger partial charge in [-0.1, -0.05) is 29.8 Å². The minimum Gasteiger partial charge on any atom is -0.343 e. The molecule has 1 aliphatic heterocycles. The van der Waals surface area contributed by atoms with Crippen molar-refractivity contribution >= 4 is 11.7 Å². The zero-order valence-corrected chi connectivity index (χ0v) is 14.3. The third kappa shape index (κ3) is 5.47. The molecule has 0 atom stereocenters. The SMILES string of the molecule is CNCCC1CCN(C(=O)CCC(=O)c2ccc(C)cc2)CC1. The first kappa shape index (κ1) is 17.7. The number of aryl methyl sites for hydroxylation is 1. The van der Waals surface area contributed by atoms with Crippen LogP contribution in [-0.4, -0.2) is 43.3 Å². The summed E-state index contributed by atoms with van der Waals surface area (Å²) in [6.07, 6.45) is 3.98. The molecule has 0 spiro atoms. The maximum Gasteiger partial charge on any atom is 0.223 e. The van der Waals surface area contributed by atoms with Gasteiger partial charge in [0.25, 0.3) is 0 Å². The highest BCUT2D eigenvalue weighted by Gasteiger charge is 2.22. The number of hydrogen-bond acceptors (Lipinski definition) is 3. The molecule has 0 unspecified atom stereocenters. The van der Waals surface area contributed by atoms with Crippen LogP contribution in [0, 0.1) is 12.8 Å². The molecule has 1 aromatic rings. The van der Waals surface area contributed by atoms with E-state index in [0.717, 1.165) is 44.0 Å². The summed E-state index contributed by atoms with van der Waals surface area (Å²) in [5.41, 5.74) is 1.84. The highest BCUT2D eigenvalue weighted by molar-refractivity contribution is 5.97. The van der Waals surface area contributed by atoms with Crippen LogP contribution >= 0.6 is 0 Å². The van der Waals surface area contributed by atoms with E-state index in [-0.39, 0.29) is 11.7 Å². The second-order valence-electron chi connectivity index (χ2n) is 6.51. The topological polar surface area (TPSA) is 49.4 Å². The summed E-state index contributed by atoms with van der Waals surface area (Å²) < 4.78 is 0. The molecule has 0 bridgehead atoms. The molecule has 126 valence electrons. The number of nitrogens with zero attached hydrogens (tertiary/aromatic N) is 1. The van der Waals surface area contributed by atoms with E-state index in [1.54, 1.807) is 0 Å². The van der Waals surface area contributed by atoms with Crippen LogP contribution in [0.5, 0.6) is 0 Å². The van der Waals surface area contributed by atoms with Gasteiger partial charge in [-0.25, -0.2) is 0 Å². The van der Waals surface area contributed by atoms with E-state index < -0.39 is 0 Å². The van der Waals surface area contributed by atoms with Crippen LogP contribution in [0.3, 0.4) is 0 Å². The highest BCUT2D eigenvalue weighted by Crippen LogP contribution is 2.21. The van der Waals surface area contributed by atoms with Crippen LogP contribution in [0.15, 0.2) is 24.3 Å². The van der Waals surface area contributed by atoms with Crippen LogP contribution in [-0.2, 0) is 4.79 Å². The van der Waals surface area contributed by atoms with Crippen molar-refractivity contribution in [2.24, 2.45) is 5.92 Å². The lowest BCUT2D eigenvalue weighted by molar-refractivity contribution is -0.132. The molecule has 4 nitrogen and oxygen atoms in total. The lowest BCUT2D eigenvalue weighted by Gasteiger charge is -2.32. The van der Waals surface area contributed by atoms with E-state index in [2.05, 4.69) is 5.32 Å². The zero-order chi connectivity index (χ0) is 16.7. The van der Waals surface area contributed by atoms with E-state index in [9.17, 15) is 9.59 Å². The van der Waals surface area contributed by atoms with Crippen molar-refractivity contribution in [2.75, 3.05) is 26.7 Å². The van der Waals surface area contributed by atoms with Crippen molar-refractivity contribution in [2.45, 2.75) is 39.0 Å². The number of carbonyl (C=O) groups excluding carboxylic acids is 2. The van der Waals surface area contributed by atoms with E-state index in [1.807, 2.05) is 43.1 Å². The molecule has 0 aliphatic carbocycles. The number of ketones is 1. The molecule has 1 aromatic carbocycles. The van der Waals surface area contributed by atoms with Gasteiger partial charge in [0.2, 0.25) is 5.91 Å². The Balaban J connectivity index is 1.73. The fourth-order valence-electron chi connectivity index (χ4n) is 3.08. The lowest BCUT2D eigenvalue weighted by atomic mass is 9.93. The minimum atomic E-state index is 0.0576. The van der Waals surface area contributed by atoms with Crippen molar-refractivity contribution in [3.63, 3.8) is 0 Å². The number of Topliss-reactive ketones (excluding diaryl/α,β-unsaturated/α-hetero) is 1. The van der Waals surface area contributed by atoms with Gasteiger partial charge in [-0.2, -0.15) is 0 Å². The lowest BCUT2D eigenvalue weighted by Crippen LogP contribution is -2.39. The molecule has 2 rings (SSSR count). The van der Waals surface area contributed by atoms with Gasteiger partial charge in [-0.15, -0.1) is 0 Å². The predicted octanol–water partition coefficient (Wildman–Crippen LogP) is 2.81. The Labute approximate surface area is 139 Å². The van der Waals surface area contributed by atoms with Crippen LogP contribution < -0.4 is 5.32 Å². The van der Waals surface area contributed by atoms with Crippen molar-refractivity contribution < 1.29 is 9.59 Å². The Morgan fingerprint density at radius 3 is 2.39 bits per heavy atom. The molecule has 1 saturated heterocycles. The number of nitrogens with one attached hydrogen (secondary N) is 1. The maximum absolute atomic E-state index is 12.3. The van der Waals surface area contributed by atoms with Gasteiger partial charge in [-0.3, -0.25) is 9.59 Å². The first-order valence-electron chi connectivity index (χ1n) is 8.62. The van der Waals surface area contributed by atoms with Crippen LogP contribution in [0.2, 0.25) is 0 Å². The third-order valence-corrected chi connectivity index (χ3v) is 4.71. The molecule has 1 heterocycles. The van der Waals surface area contributed by atoms with Crippen LogP contribution in [0.25, 0.3) is 0 Å². The summed E-state index contributed by atoms with van der Waals surface area (Å²) >= 11 is 0. The van der Waals surface area contributed by atoms with Gasteiger partial charge in [0.1, 0.15) is 0 Å². The predicted molar refractivity (Wildman–Crippen MR) is 92.6 cm³/mol. The molecule has 1 N–H and O–H groups in total. The Hall–Kier alpha value is -1.68. The molecular formula is C19H28N2O2. The highest BCUT2D eigenvalue weighted by atomic mass is 16.2. The standard InChI is InChI=1S/C19H28N2O2/c1-15-3-5-17(6-4-15)18(22)7-8-19(23)21-13-10-16(11-14-21)9-12-20-2/h3-6,16,20H,7-14H2,1-2H3. The summed E-state index contributed by atoms with van der Waals surface area (Å²) in [6.45, 7) is 4.72. The molecule has 23 heavy (non-hydrogen) atoms. The number of rotatable bonds is 7. The molecule has 0 aromatic heterocycles. The van der Waals surface area contributed by atoms with Crippen LogP contribution in [0.1, 0.15) is 48.0 Å². The quantitative estimate of drug-likeness (QED) is 0.787. The maximum atomic E-state index is 12.3. The van der Waals surface area contributed by atoms with Gasteiger partial charge in [0.05, 0.1) is 0 Å². The van der Waals surface area contributed by atoms with Crippen LogP contribution in [0.4, 0.5) is 0 Å². The molecular weight excluding hydrogens is 288 g/mol. The van der Waals surface area contributed by atoms with E-state index in [1.165, 1.54) is 6.42 Å². The van der Waals surface area contributed by atoms with Crippen molar-refractivity contribution in [1.82, 2.24) is 10.2 Å². The van der Waals surface area contributed by atoms with E-state index >= 15 is 0 Å². The van der Waals surface area contributed by atoms with Gasteiger partial charge in [-0.05, 0) is 45.7 Å². The molecule has 0 saturated carbocycles. The summed E-state index contributed by atoms with van der Waals surface area (Å²) in [4.78, 5) is 26.3. The molecule has 1 fully saturated rings.